The van der Waals surface area contributed by atoms with Crippen LogP contribution in [0.4, 0.5) is 8.78 Å². The van der Waals surface area contributed by atoms with Gasteiger partial charge in [0.05, 0.1) is 16.2 Å². The Bertz CT molecular complexity index is 920. The lowest BCUT2D eigenvalue weighted by atomic mass is 10.1. The standard InChI is InChI=1S/C19H19BrF2N4O/c1-12(14-5-7-15(8-6-14)25-9-3-4-10-25)23-16(27)11-26-13(2)17(20)18(24-26)19(21)22/h3-10,12,19H,11H2,1-2H3,(H,23,27). The van der Waals surface area contributed by atoms with Crippen molar-refractivity contribution < 1.29 is 13.6 Å². The zero-order valence-corrected chi connectivity index (χ0v) is 16.5. The van der Waals surface area contributed by atoms with E-state index in [0.717, 1.165) is 11.3 Å². The predicted octanol–water partition coefficient (Wildman–Crippen LogP) is 4.56. The molecule has 0 fully saturated rings. The van der Waals surface area contributed by atoms with E-state index in [1.165, 1.54) is 4.68 Å². The van der Waals surface area contributed by atoms with E-state index < -0.39 is 6.43 Å². The lowest BCUT2D eigenvalue weighted by molar-refractivity contribution is -0.122. The van der Waals surface area contributed by atoms with Crippen LogP contribution in [0.2, 0.25) is 0 Å². The first-order chi connectivity index (χ1) is 12.9. The van der Waals surface area contributed by atoms with Gasteiger partial charge in [0.2, 0.25) is 5.91 Å². The summed E-state index contributed by atoms with van der Waals surface area (Å²) in [5, 5.41) is 6.70. The Balaban J connectivity index is 1.65. The highest BCUT2D eigenvalue weighted by molar-refractivity contribution is 9.10. The number of carbonyl (C=O) groups is 1. The van der Waals surface area contributed by atoms with Crippen molar-refractivity contribution in [3.63, 3.8) is 0 Å². The molecule has 0 saturated heterocycles. The van der Waals surface area contributed by atoms with E-state index in [9.17, 15) is 13.6 Å². The van der Waals surface area contributed by atoms with Crippen LogP contribution in [0.15, 0.2) is 53.3 Å². The monoisotopic (exact) mass is 436 g/mol. The average molecular weight is 437 g/mol. The fourth-order valence-electron chi connectivity index (χ4n) is 2.79. The van der Waals surface area contributed by atoms with Gasteiger partial charge >= 0.3 is 0 Å². The van der Waals surface area contributed by atoms with Crippen molar-refractivity contribution in [1.29, 1.82) is 0 Å². The molecular weight excluding hydrogens is 418 g/mol. The Hall–Kier alpha value is -2.48. The Kier molecular flexibility index (Phi) is 5.74. The minimum atomic E-state index is -2.69. The molecule has 0 aliphatic carbocycles. The van der Waals surface area contributed by atoms with Crippen molar-refractivity contribution in [2.45, 2.75) is 32.9 Å². The molecule has 3 rings (SSSR count). The van der Waals surface area contributed by atoms with E-state index in [4.69, 9.17) is 0 Å². The van der Waals surface area contributed by atoms with Crippen molar-refractivity contribution >= 4 is 21.8 Å². The van der Waals surface area contributed by atoms with Crippen LogP contribution < -0.4 is 5.32 Å². The molecule has 27 heavy (non-hydrogen) atoms. The molecular formula is C19H19BrF2N4O. The molecule has 1 atom stereocenters. The molecule has 1 amide bonds. The van der Waals surface area contributed by atoms with E-state index in [0.29, 0.717) is 5.69 Å². The van der Waals surface area contributed by atoms with E-state index in [-0.39, 0.29) is 28.7 Å². The van der Waals surface area contributed by atoms with Crippen LogP contribution in [-0.4, -0.2) is 20.3 Å². The first-order valence-corrected chi connectivity index (χ1v) is 9.19. The number of hydrogen-bond donors (Lipinski definition) is 1. The van der Waals surface area contributed by atoms with Gasteiger partial charge in [0.15, 0.2) is 0 Å². The van der Waals surface area contributed by atoms with Crippen LogP contribution in [0.25, 0.3) is 5.69 Å². The number of alkyl halides is 2. The second-order valence-corrected chi connectivity index (χ2v) is 7.01. The number of hydrogen-bond acceptors (Lipinski definition) is 2. The van der Waals surface area contributed by atoms with Crippen molar-refractivity contribution in [2.75, 3.05) is 0 Å². The van der Waals surface area contributed by atoms with Crippen LogP contribution in [-0.2, 0) is 11.3 Å². The summed E-state index contributed by atoms with van der Waals surface area (Å²) in [5.74, 6) is -0.295. The second-order valence-electron chi connectivity index (χ2n) is 6.21. The number of nitrogens with zero attached hydrogens (tertiary/aromatic N) is 3. The molecule has 0 radical (unpaired) electrons. The number of amides is 1. The van der Waals surface area contributed by atoms with Crippen LogP contribution in [0.3, 0.4) is 0 Å². The summed E-state index contributed by atoms with van der Waals surface area (Å²) in [6.45, 7) is 3.39. The Morgan fingerprint density at radius 1 is 1.22 bits per heavy atom. The third-order valence-corrected chi connectivity index (χ3v) is 5.31. The molecule has 0 aliphatic heterocycles. The molecule has 2 heterocycles. The van der Waals surface area contributed by atoms with Gasteiger partial charge < -0.3 is 9.88 Å². The van der Waals surface area contributed by atoms with Gasteiger partial charge in [0, 0.05) is 18.1 Å². The quantitative estimate of drug-likeness (QED) is 0.615. The van der Waals surface area contributed by atoms with Gasteiger partial charge in [0.1, 0.15) is 12.2 Å². The Morgan fingerprint density at radius 3 is 2.41 bits per heavy atom. The van der Waals surface area contributed by atoms with Crippen LogP contribution >= 0.6 is 15.9 Å². The summed E-state index contributed by atoms with van der Waals surface area (Å²) in [5.41, 5.74) is 2.11. The summed E-state index contributed by atoms with van der Waals surface area (Å²) >= 11 is 3.11. The van der Waals surface area contributed by atoms with Crippen LogP contribution in [0.1, 0.15) is 36.3 Å². The lowest BCUT2D eigenvalue weighted by Crippen LogP contribution is -2.30. The maximum atomic E-state index is 12.9. The van der Waals surface area contributed by atoms with Crippen LogP contribution in [0, 0.1) is 6.92 Å². The fraction of sp³-hybridized carbons (Fsp3) is 0.263. The first kappa shape index (κ1) is 19.3. The van der Waals surface area contributed by atoms with Gasteiger partial charge in [-0.25, -0.2) is 8.78 Å². The number of aromatic nitrogens is 3. The molecule has 1 unspecified atom stereocenters. The van der Waals surface area contributed by atoms with Gasteiger partial charge in [-0.05, 0) is 59.6 Å². The molecule has 1 aromatic carbocycles. The number of benzene rings is 1. The van der Waals surface area contributed by atoms with E-state index in [1.807, 2.05) is 60.3 Å². The van der Waals surface area contributed by atoms with Crippen molar-refractivity contribution in [1.82, 2.24) is 19.7 Å². The molecule has 0 saturated carbocycles. The Morgan fingerprint density at radius 2 is 1.85 bits per heavy atom. The highest BCUT2D eigenvalue weighted by Crippen LogP contribution is 2.29. The van der Waals surface area contributed by atoms with Crippen LogP contribution in [0.5, 0.6) is 0 Å². The molecule has 0 aliphatic rings. The highest BCUT2D eigenvalue weighted by Gasteiger charge is 2.21. The number of rotatable bonds is 6. The molecule has 3 aromatic rings. The largest absolute Gasteiger partial charge is 0.348 e. The molecule has 2 aromatic heterocycles. The minimum absolute atomic E-state index is 0.122. The van der Waals surface area contributed by atoms with Gasteiger partial charge in [-0.15, -0.1) is 0 Å². The first-order valence-electron chi connectivity index (χ1n) is 8.40. The zero-order valence-electron chi connectivity index (χ0n) is 14.9. The number of halogens is 3. The molecule has 1 N–H and O–H groups in total. The maximum absolute atomic E-state index is 12.9. The van der Waals surface area contributed by atoms with E-state index >= 15 is 0 Å². The summed E-state index contributed by atoms with van der Waals surface area (Å²) < 4.78 is 29.3. The maximum Gasteiger partial charge on any atom is 0.283 e. The fourth-order valence-corrected chi connectivity index (χ4v) is 3.25. The topological polar surface area (TPSA) is 51.9 Å². The highest BCUT2D eigenvalue weighted by atomic mass is 79.9. The number of carbonyl (C=O) groups excluding carboxylic acids is 1. The summed E-state index contributed by atoms with van der Waals surface area (Å²) in [6.07, 6.45) is 1.22. The molecule has 0 bridgehead atoms. The lowest BCUT2D eigenvalue weighted by Gasteiger charge is -2.15. The van der Waals surface area contributed by atoms with Crippen molar-refractivity contribution in [3.05, 3.63) is 70.2 Å². The third kappa shape index (κ3) is 4.27. The molecule has 5 nitrogen and oxygen atoms in total. The summed E-state index contributed by atoms with van der Waals surface area (Å²) in [7, 11) is 0. The SMILES string of the molecule is Cc1c(Br)c(C(F)F)nn1CC(=O)NC(C)c1ccc(-n2cccc2)cc1. The normalized spacial score (nSPS) is 12.4. The van der Waals surface area contributed by atoms with Crippen molar-refractivity contribution in [3.8, 4) is 5.69 Å². The van der Waals surface area contributed by atoms with Crippen molar-refractivity contribution in [2.24, 2.45) is 0 Å². The van der Waals surface area contributed by atoms with Gasteiger partial charge in [0.25, 0.3) is 6.43 Å². The van der Waals surface area contributed by atoms with Gasteiger partial charge in [-0.1, -0.05) is 12.1 Å². The number of nitrogens with one attached hydrogen (secondary N) is 1. The van der Waals surface area contributed by atoms with E-state index in [2.05, 4.69) is 26.3 Å². The zero-order chi connectivity index (χ0) is 19.6. The molecule has 142 valence electrons. The minimum Gasteiger partial charge on any atom is -0.348 e. The predicted molar refractivity (Wildman–Crippen MR) is 102 cm³/mol. The van der Waals surface area contributed by atoms with E-state index in [1.54, 1.807) is 6.92 Å². The van der Waals surface area contributed by atoms with Gasteiger partial charge in [-0.2, -0.15) is 5.10 Å². The summed E-state index contributed by atoms with van der Waals surface area (Å²) in [4.78, 5) is 12.3. The second kappa shape index (κ2) is 8.04. The molecule has 8 heteroatoms. The third-order valence-electron chi connectivity index (χ3n) is 4.33. The smallest absolute Gasteiger partial charge is 0.283 e. The summed E-state index contributed by atoms with van der Waals surface area (Å²) in [6, 6.07) is 11.5. The van der Waals surface area contributed by atoms with Gasteiger partial charge in [-0.3, -0.25) is 9.48 Å². The molecule has 0 spiro atoms. The Labute approximate surface area is 164 Å². The average Bonchev–Trinajstić information content (AvgIpc) is 3.26.